The standard InChI is InChI=1S/C16H26N2O/c1-3-13-19-16-7-5-14(6-8-16)17-15-9-11-18(4-2)12-10-15/h5-8,15,17H,3-4,9-13H2,1-2H3. The van der Waals surface area contributed by atoms with Crippen LogP contribution >= 0.6 is 0 Å². The van der Waals surface area contributed by atoms with Crippen molar-refractivity contribution in [1.29, 1.82) is 0 Å². The minimum atomic E-state index is 0.616. The van der Waals surface area contributed by atoms with Crippen LogP contribution in [0.15, 0.2) is 24.3 Å². The van der Waals surface area contributed by atoms with Crippen LogP contribution in [0.4, 0.5) is 5.69 Å². The van der Waals surface area contributed by atoms with Crippen molar-refractivity contribution >= 4 is 5.69 Å². The van der Waals surface area contributed by atoms with E-state index in [2.05, 4.69) is 48.3 Å². The molecule has 19 heavy (non-hydrogen) atoms. The number of piperidine rings is 1. The van der Waals surface area contributed by atoms with Crippen molar-refractivity contribution in [3.63, 3.8) is 0 Å². The van der Waals surface area contributed by atoms with Crippen LogP contribution < -0.4 is 10.1 Å². The Morgan fingerprint density at radius 1 is 1.16 bits per heavy atom. The molecule has 1 aliphatic rings. The van der Waals surface area contributed by atoms with Gasteiger partial charge in [0.05, 0.1) is 6.61 Å². The monoisotopic (exact) mass is 262 g/mol. The lowest BCUT2D eigenvalue weighted by Crippen LogP contribution is -2.38. The summed E-state index contributed by atoms with van der Waals surface area (Å²) < 4.78 is 5.59. The molecule has 3 heteroatoms. The SMILES string of the molecule is CCCOc1ccc(NC2CCN(CC)CC2)cc1. The van der Waals surface area contributed by atoms with Crippen LogP contribution in [-0.2, 0) is 0 Å². The zero-order chi connectivity index (χ0) is 13.5. The largest absolute Gasteiger partial charge is 0.494 e. The third-order valence-electron chi connectivity index (χ3n) is 3.73. The van der Waals surface area contributed by atoms with E-state index in [1.807, 2.05) is 0 Å². The molecule has 2 rings (SSSR count). The molecule has 0 saturated carbocycles. The van der Waals surface area contributed by atoms with Crippen LogP contribution in [0.5, 0.6) is 5.75 Å². The van der Waals surface area contributed by atoms with Gasteiger partial charge in [0.25, 0.3) is 0 Å². The fourth-order valence-electron chi connectivity index (χ4n) is 2.50. The first-order valence-electron chi connectivity index (χ1n) is 7.53. The van der Waals surface area contributed by atoms with Gasteiger partial charge in [-0.3, -0.25) is 0 Å². The number of likely N-dealkylation sites (tertiary alicyclic amines) is 1. The lowest BCUT2D eigenvalue weighted by Gasteiger charge is -2.32. The Bertz CT molecular complexity index is 356. The number of nitrogens with one attached hydrogen (secondary N) is 1. The molecule has 1 saturated heterocycles. The van der Waals surface area contributed by atoms with E-state index in [-0.39, 0.29) is 0 Å². The minimum Gasteiger partial charge on any atom is -0.494 e. The van der Waals surface area contributed by atoms with Crippen molar-refractivity contribution in [2.75, 3.05) is 31.6 Å². The lowest BCUT2D eigenvalue weighted by molar-refractivity contribution is 0.229. The van der Waals surface area contributed by atoms with Crippen LogP contribution in [0.1, 0.15) is 33.1 Å². The first kappa shape index (κ1) is 14.2. The van der Waals surface area contributed by atoms with Gasteiger partial charge in [0.2, 0.25) is 0 Å². The van der Waals surface area contributed by atoms with Crippen molar-refractivity contribution in [2.45, 2.75) is 39.2 Å². The molecule has 106 valence electrons. The highest BCUT2D eigenvalue weighted by Gasteiger charge is 2.17. The Kier molecular flexibility index (Phi) is 5.52. The number of nitrogens with zero attached hydrogens (tertiary/aromatic N) is 1. The molecule has 0 aliphatic carbocycles. The zero-order valence-corrected chi connectivity index (χ0v) is 12.2. The number of anilines is 1. The van der Waals surface area contributed by atoms with Gasteiger partial charge in [-0.1, -0.05) is 13.8 Å². The summed E-state index contributed by atoms with van der Waals surface area (Å²) in [6.07, 6.45) is 3.53. The van der Waals surface area contributed by atoms with E-state index in [0.717, 1.165) is 18.8 Å². The molecule has 1 heterocycles. The van der Waals surface area contributed by atoms with Crippen molar-refractivity contribution in [3.05, 3.63) is 24.3 Å². The van der Waals surface area contributed by atoms with E-state index >= 15 is 0 Å². The maximum absolute atomic E-state index is 5.59. The second kappa shape index (κ2) is 7.39. The normalized spacial score (nSPS) is 17.4. The van der Waals surface area contributed by atoms with E-state index in [9.17, 15) is 0 Å². The van der Waals surface area contributed by atoms with Crippen LogP contribution in [-0.4, -0.2) is 37.2 Å². The van der Waals surface area contributed by atoms with Crippen LogP contribution in [0, 0.1) is 0 Å². The summed E-state index contributed by atoms with van der Waals surface area (Å²) in [5.74, 6) is 0.966. The lowest BCUT2D eigenvalue weighted by atomic mass is 10.0. The first-order valence-corrected chi connectivity index (χ1v) is 7.53. The predicted octanol–water partition coefficient (Wildman–Crippen LogP) is 3.37. The molecule has 1 aromatic rings. The molecule has 0 unspecified atom stereocenters. The molecule has 1 aromatic carbocycles. The second-order valence-corrected chi connectivity index (χ2v) is 5.23. The summed E-state index contributed by atoms with van der Waals surface area (Å²) in [6.45, 7) is 8.76. The topological polar surface area (TPSA) is 24.5 Å². The van der Waals surface area contributed by atoms with E-state index in [4.69, 9.17) is 4.74 Å². The zero-order valence-electron chi connectivity index (χ0n) is 12.2. The highest BCUT2D eigenvalue weighted by Crippen LogP contribution is 2.19. The molecule has 0 aromatic heterocycles. The summed E-state index contributed by atoms with van der Waals surface area (Å²) in [5, 5.41) is 3.63. The van der Waals surface area contributed by atoms with E-state index in [1.54, 1.807) is 0 Å². The van der Waals surface area contributed by atoms with Gasteiger partial charge in [0.15, 0.2) is 0 Å². The van der Waals surface area contributed by atoms with Gasteiger partial charge in [-0.25, -0.2) is 0 Å². The molecular formula is C16H26N2O. The Morgan fingerprint density at radius 2 is 1.84 bits per heavy atom. The van der Waals surface area contributed by atoms with Crippen molar-refractivity contribution in [3.8, 4) is 5.75 Å². The molecule has 0 radical (unpaired) electrons. The molecule has 1 N–H and O–H groups in total. The van der Waals surface area contributed by atoms with E-state index in [0.29, 0.717) is 6.04 Å². The first-order chi connectivity index (χ1) is 9.31. The van der Waals surface area contributed by atoms with Crippen molar-refractivity contribution in [1.82, 2.24) is 4.90 Å². The molecule has 0 bridgehead atoms. The minimum absolute atomic E-state index is 0.616. The van der Waals surface area contributed by atoms with Gasteiger partial charge in [0.1, 0.15) is 5.75 Å². The summed E-state index contributed by atoms with van der Waals surface area (Å²) in [6, 6.07) is 8.97. The Morgan fingerprint density at radius 3 is 2.42 bits per heavy atom. The Balaban J connectivity index is 1.79. The van der Waals surface area contributed by atoms with E-state index < -0.39 is 0 Å². The number of benzene rings is 1. The predicted molar refractivity (Wildman–Crippen MR) is 81.0 cm³/mol. The Hall–Kier alpha value is -1.22. The van der Waals surface area contributed by atoms with Gasteiger partial charge in [-0.2, -0.15) is 0 Å². The number of rotatable bonds is 6. The molecule has 0 amide bonds. The van der Waals surface area contributed by atoms with Gasteiger partial charge < -0.3 is 15.0 Å². The molecule has 1 fully saturated rings. The van der Waals surface area contributed by atoms with Crippen LogP contribution in [0.2, 0.25) is 0 Å². The highest BCUT2D eigenvalue weighted by molar-refractivity contribution is 5.47. The third kappa shape index (κ3) is 4.43. The Labute approximate surface area is 116 Å². The van der Waals surface area contributed by atoms with Crippen LogP contribution in [0.25, 0.3) is 0 Å². The average Bonchev–Trinajstić information content (AvgIpc) is 2.47. The maximum Gasteiger partial charge on any atom is 0.119 e. The summed E-state index contributed by atoms with van der Waals surface area (Å²) in [5.41, 5.74) is 1.21. The van der Waals surface area contributed by atoms with E-state index in [1.165, 1.54) is 38.2 Å². The van der Waals surface area contributed by atoms with Gasteiger partial charge in [-0.05, 0) is 50.1 Å². The van der Waals surface area contributed by atoms with Crippen LogP contribution in [0.3, 0.4) is 0 Å². The fourth-order valence-corrected chi connectivity index (χ4v) is 2.50. The summed E-state index contributed by atoms with van der Waals surface area (Å²) in [4.78, 5) is 2.51. The van der Waals surface area contributed by atoms with Gasteiger partial charge in [-0.15, -0.1) is 0 Å². The quantitative estimate of drug-likeness (QED) is 0.850. The molecule has 1 aliphatic heterocycles. The number of hydrogen-bond donors (Lipinski definition) is 1. The molecule has 0 spiro atoms. The highest BCUT2D eigenvalue weighted by atomic mass is 16.5. The summed E-state index contributed by atoms with van der Waals surface area (Å²) in [7, 11) is 0. The van der Waals surface area contributed by atoms with Crippen molar-refractivity contribution in [2.24, 2.45) is 0 Å². The summed E-state index contributed by atoms with van der Waals surface area (Å²) >= 11 is 0. The number of ether oxygens (including phenoxy) is 1. The van der Waals surface area contributed by atoms with Crippen molar-refractivity contribution < 1.29 is 4.74 Å². The smallest absolute Gasteiger partial charge is 0.119 e. The fraction of sp³-hybridized carbons (Fsp3) is 0.625. The second-order valence-electron chi connectivity index (χ2n) is 5.23. The molecule has 3 nitrogen and oxygen atoms in total. The van der Waals surface area contributed by atoms with Gasteiger partial charge >= 0.3 is 0 Å². The third-order valence-corrected chi connectivity index (χ3v) is 3.73. The molecular weight excluding hydrogens is 236 g/mol. The number of hydrogen-bond acceptors (Lipinski definition) is 3. The maximum atomic E-state index is 5.59. The average molecular weight is 262 g/mol. The molecule has 0 atom stereocenters. The van der Waals surface area contributed by atoms with Gasteiger partial charge in [0, 0.05) is 24.8 Å².